The molecule has 0 aliphatic carbocycles. The van der Waals surface area contributed by atoms with E-state index < -0.39 is 0 Å². The molecule has 1 heterocycles. The zero-order chi connectivity index (χ0) is 15.2. The lowest BCUT2D eigenvalue weighted by Gasteiger charge is -2.16. The second kappa shape index (κ2) is 7.62. The molecule has 0 amide bonds. The fraction of sp³-hybridized carbons (Fsp3) is 0.471. The van der Waals surface area contributed by atoms with Crippen LogP contribution in [-0.4, -0.2) is 16.3 Å². The minimum Gasteiger partial charge on any atom is -0.330 e. The van der Waals surface area contributed by atoms with Crippen LogP contribution in [0, 0.1) is 5.92 Å². The normalized spacial score (nSPS) is 12.6. The highest BCUT2D eigenvalue weighted by Gasteiger charge is 2.14. The largest absolute Gasteiger partial charge is 0.330 e. The summed E-state index contributed by atoms with van der Waals surface area (Å²) in [5.74, 6) is 0.386. The third-order valence-corrected chi connectivity index (χ3v) is 4.24. The van der Waals surface area contributed by atoms with E-state index in [-0.39, 0.29) is 0 Å². The van der Waals surface area contributed by atoms with Gasteiger partial charge in [0.15, 0.2) is 0 Å². The molecule has 0 radical (unpaired) electrons. The van der Waals surface area contributed by atoms with Crippen molar-refractivity contribution in [3.63, 3.8) is 0 Å². The number of aryl methyl sites for hydroxylation is 2. The van der Waals surface area contributed by atoms with Crippen molar-refractivity contribution in [2.45, 2.75) is 39.7 Å². The summed E-state index contributed by atoms with van der Waals surface area (Å²) >= 11 is 6.26. The summed E-state index contributed by atoms with van der Waals surface area (Å²) in [4.78, 5) is 0. The Morgan fingerprint density at radius 3 is 2.62 bits per heavy atom. The summed E-state index contributed by atoms with van der Waals surface area (Å²) in [5.41, 5.74) is 9.58. The molecule has 0 fully saturated rings. The van der Waals surface area contributed by atoms with Crippen molar-refractivity contribution in [2.75, 3.05) is 6.54 Å². The van der Waals surface area contributed by atoms with Gasteiger partial charge in [0.2, 0.25) is 0 Å². The van der Waals surface area contributed by atoms with Crippen LogP contribution in [0.5, 0.6) is 0 Å². The van der Waals surface area contributed by atoms with Crippen molar-refractivity contribution in [2.24, 2.45) is 11.7 Å². The van der Waals surface area contributed by atoms with Gasteiger partial charge in [-0.2, -0.15) is 5.10 Å². The van der Waals surface area contributed by atoms with Gasteiger partial charge in [-0.1, -0.05) is 36.7 Å². The van der Waals surface area contributed by atoms with E-state index in [1.807, 2.05) is 18.2 Å². The van der Waals surface area contributed by atoms with E-state index in [1.165, 1.54) is 11.3 Å². The monoisotopic (exact) mass is 305 g/mol. The van der Waals surface area contributed by atoms with Gasteiger partial charge in [0.05, 0.1) is 5.69 Å². The van der Waals surface area contributed by atoms with Crippen LogP contribution in [0.25, 0.3) is 0 Å². The smallest absolute Gasteiger partial charge is 0.0624 e. The molecule has 4 heteroatoms. The molecule has 0 spiro atoms. The summed E-state index contributed by atoms with van der Waals surface area (Å²) in [5, 5.41) is 5.44. The molecule has 0 saturated heterocycles. The Labute approximate surface area is 132 Å². The maximum Gasteiger partial charge on any atom is 0.0624 e. The Bertz CT molecular complexity index is 577. The quantitative estimate of drug-likeness (QED) is 0.851. The third kappa shape index (κ3) is 4.08. The van der Waals surface area contributed by atoms with E-state index in [4.69, 9.17) is 17.3 Å². The molecule has 2 rings (SSSR count). The molecule has 2 N–H and O–H groups in total. The number of hydrogen-bond donors (Lipinski definition) is 1. The fourth-order valence-electron chi connectivity index (χ4n) is 2.64. The Morgan fingerprint density at radius 2 is 2.00 bits per heavy atom. The van der Waals surface area contributed by atoms with Crippen LogP contribution in [0.15, 0.2) is 30.3 Å². The average molecular weight is 306 g/mol. The number of halogens is 1. The van der Waals surface area contributed by atoms with Crippen molar-refractivity contribution in [3.05, 3.63) is 52.3 Å². The lowest BCUT2D eigenvalue weighted by molar-refractivity contribution is 0.499. The van der Waals surface area contributed by atoms with E-state index >= 15 is 0 Å². The number of nitrogens with two attached hydrogens (primary N) is 1. The van der Waals surface area contributed by atoms with Crippen LogP contribution < -0.4 is 5.73 Å². The molecule has 3 nitrogen and oxygen atoms in total. The first-order valence-electron chi connectivity index (χ1n) is 7.66. The van der Waals surface area contributed by atoms with Gasteiger partial charge in [-0.05, 0) is 56.3 Å². The number of aromatic nitrogens is 2. The minimum absolute atomic E-state index is 0.386. The van der Waals surface area contributed by atoms with Crippen molar-refractivity contribution in [1.82, 2.24) is 9.78 Å². The maximum absolute atomic E-state index is 6.26. The van der Waals surface area contributed by atoms with Gasteiger partial charge < -0.3 is 5.73 Å². The molecule has 0 aliphatic heterocycles. The molecule has 0 aliphatic rings. The Morgan fingerprint density at radius 1 is 1.24 bits per heavy atom. The second-order valence-corrected chi connectivity index (χ2v) is 5.80. The summed E-state index contributed by atoms with van der Waals surface area (Å²) in [6.45, 7) is 5.82. The molecule has 1 aromatic heterocycles. The highest BCUT2D eigenvalue weighted by atomic mass is 35.5. The van der Waals surface area contributed by atoms with Crippen molar-refractivity contribution >= 4 is 11.6 Å². The van der Waals surface area contributed by atoms with Gasteiger partial charge in [-0.15, -0.1) is 0 Å². The SMILES string of the molecule is CCc1cc(CC(CN)Cc2ccccc2Cl)n(CC)n1. The van der Waals surface area contributed by atoms with Crippen molar-refractivity contribution in [3.8, 4) is 0 Å². The summed E-state index contributed by atoms with van der Waals surface area (Å²) in [6, 6.07) is 10.2. The van der Waals surface area contributed by atoms with Crippen LogP contribution in [0.2, 0.25) is 5.02 Å². The Hall–Kier alpha value is -1.32. The average Bonchev–Trinajstić information content (AvgIpc) is 2.90. The number of hydrogen-bond acceptors (Lipinski definition) is 2. The molecule has 114 valence electrons. The molecular weight excluding hydrogens is 282 g/mol. The predicted octanol–water partition coefficient (Wildman–Crippen LogP) is 3.48. The van der Waals surface area contributed by atoms with E-state index in [0.717, 1.165) is 36.5 Å². The van der Waals surface area contributed by atoms with Crippen LogP contribution in [-0.2, 0) is 25.8 Å². The predicted molar refractivity (Wildman–Crippen MR) is 88.7 cm³/mol. The molecule has 1 unspecified atom stereocenters. The van der Waals surface area contributed by atoms with Gasteiger partial charge in [0.25, 0.3) is 0 Å². The molecule has 2 aromatic rings. The molecular formula is C17H24ClN3. The van der Waals surface area contributed by atoms with Crippen LogP contribution in [0.1, 0.15) is 30.8 Å². The first-order chi connectivity index (χ1) is 10.2. The van der Waals surface area contributed by atoms with Gasteiger partial charge in [-0.25, -0.2) is 0 Å². The van der Waals surface area contributed by atoms with Gasteiger partial charge in [0.1, 0.15) is 0 Å². The second-order valence-electron chi connectivity index (χ2n) is 5.40. The van der Waals surface area contributed by atoms with E-state index in [2.05, 4.69) is 35.8 Å². The van der Waals surface area contributed by atoms with Gasteiger partial charge in [-0.3, -0.25) is 4.68 Å². The van der Waals surface area contributed by atoms with Crippen LogP contribution in [0.4, 0.5) is 0 Å². The highest BCUT2D eigenvalue weighted by Crippen LogP contribution is 2.21. The molecule has 1 aromatic carbocycles. The molecule has 0 bridgehead atoms. The molecule has 0 saturated carbocycles. The minimum atomic E-state index is 0.386. The highest BCUT2D eigenvalue weighted by molar-refractivity contribution is 6.31. The van der Waals surface area contributed by atoms with Crippen molar-refractivity contribution in [1.29, 1.82) is 0 Å². The number of benzene rings is 1. The number of nitrogens with zero attached hydrogens (tertiary/aromatic N) is 2. The van der Waals surface area contributed by atoms with E-state index in [0.29, 0.717) is 12.5 Å². The van der Waals surface area contributed by atoms with Gasteiger partial charge in [0, 0.05) is 17.3 Å². The third-order valence-electron chi connectivity index (χ3n) is 3.87. The standard InChI is InChI=1S/C17H24ClN3/c1-3-15-11-16(21(4-2)20-15)10-13(12-19)9-14-7-5-6-8-17(14)18/h5-8,11,13H,3-4,9-10,12,19H2,1-2H3. The zero-order valence-electron chi connectivity index (χ0n) is 12.8. The fourth-order valence-corrected chi connectivity index (χ4v) is 2.85. The van der Waals surface area contributed by atoms with Gasteiger partial charge >= 0.3 is 0 Å². The van der Waals surface area contributed by atoms with E-state index in [9.17, 15) is 0 Å². The first kappa shape index (κ1) is 16.1. The first-order valence-corrected chi connectivity index (χ1v) is 8.04. The van der Waals surface area contributed by atoms with Crippen LogP contribution >= 0.6 is 11.6 Å². The molecule has 1 atom stereocenters. The Kier molecular flexibility index (Phi) is 5.83. The topological polar surface area (TPSA) is 43.8 Å². The lowest BCUT2D eigenvalue weighted by Crippen LogP contribution is -2.21. The Balaban J connectivity index is 2.12. The molecule has 21 heavy (non-hydrogen) atoms. The van der Waals surface area contributed by atoms with Crippen LogP contribution in [0.3, 0.4) is 0 Å². The lowest BCUT2D eigenvalue weighted by atomic mass is 9.94. The number of rotatable bonds is 7. The maximum atomic E-state index is 6.26. The summed E-state index contributed by atoms with van der Waals surface area (Å²) in [6.07, 6.45) is 2.83. The summed E-state index contributed by atoms with van der Waals surface area (Å²) in [7, 11) is 0. The zero-order valence-corrected chi connectivity index (χ0v) is 13.6. The summed E-state index contributed by atoms with van der Waals surface area (Å²) < 4.78 is 2.09. The van der Waals surface area contributed by atoms with Crippen molar-refractivity contribution < 1.29 is 0 Å². The van der Waals surface area contributed by atoms with E-state index in [1.54, 1.807) is 0 Å².